The van der Waals surface area contributed by atoms with E-state index in [9.17, 15) is 0 Å². The van der Waals surface area contributed by atoms with Crippen LogP contribution in [0, 0.1) is 0 Å². The molecule has 3 nitrogen and oxygen atoms in total. The molecule has 0 saturated carbocycles. The van der Waals surface area contributed by atoms with Crippen molar-refractivity contribution in [2.45, 2.75) is 13.0 Å². The Morgan fingerprint density at radius 2 is 2.17 bits per heavy atom. The zero-order valence-corrected chi connectivity index (χ0v) is 9.00. The van der Waals surface area contributed by atoms with Gasteiger partial charge in [-0.25, -0.2) is 0 Å². The molecule has 0 bridgehead atoms. The summed E-state index contributed by atoms with van der Waals surface area (Å²) in [5.74, 6) is 0. The molecule has 1 fully saturated rings. The van der Waals surface area contributed by atoms with Crippen molar-refractivity contribution in [2.75, 3.05) is 32.8 Å². The van der Waals surface area contributed by atoms with Crippen molar-refractivity contribution in [1.82, 2.24) is 4.90 Å². The van der Waals surface area contributed by atoms with E-state index in [1.165, 1.54) is 0 Å². The molecule has 0 aliphatic carbocycles. The van der Waals surface area contributed by atoms with Crippen molar-refractivity contribution >= 4 is 24.8 Å². The van der Waals surface area contributed by atoms with Gasteiger partial charge in [0.25, 0.3) is 0 Å². The molecule has 0 aromatic heterocycles. The Kier molecular flexibility index (Phi) is 10.1. The lowest BCUT2D eigenvalue weighted by atomic mass is 10.3. The van der Waals surface area contributed by atoms with Crippen LogP contribution in [0.15, 0.2) is 0 Å². The second-order valence-corrected chi connectivity index (χ2v) is 2.77. The Labute approximate surface area is 86.4 Å². The largest absolute Gasteiger partial charge is 0.376 e. The molecule has 0 radical (unpaired) electrons. The Balaban J connectivity index is 0. The van der Waals surface area contributed by atoms with Crippen molar-refractivity contribution in [1.29, 1.82) is 0 Å². The first-order valence-electron chi connectivity index (χ1n) is 3.87. The van der Waals surface area contributed by atoms with Gasteiger partial charge in [-0.15, -0.1) is 24.8 Å². The Morgan fingerprint density at radius 3 is 2.67 bits per heavy atom. The SMILES string of the molecule is CC1CN(CCN)CCO1.Cl.Cl. The molecule has 76 valence electrons. The van der Waals surface area contributed by atoms with Crippen LogP contribution in [0.2, 0.25) is 0 Å². The second kappa shape index (κ2) is 8.08. The van der Waals surface area contributed by atoms with Crippen LogP contribution in [0.1, 0.15) is 6.92 Å². The van der Waals surface area contributed by atoms with Gasteiger partial charge in [0.15, 0.2) is 0 Å². The fraction of sp³-hybridized carbons (Fsp3) is 1.00. The van der Waals surface area contributed by atoms with E-state index in [-0.39, 0.29) is 24.8 Å². The van der Waals surface area contributed by atoms with E-state index < -0.39 is 0 Å². The summed E-state index contributed by atoms with van der Waals surface area (Å²) in [5, 5.41) is 0. The summed E-state index contributed by atoms with van der Waals surface area (Å²) >= 11 is 0. The maximum Gasteiger partial charge on any atom is 0.0674 e. The number of nitrogens with zero attached hydrogens (tertiary/aromatic N) is 1. The summed E-state index contributed by atoms with van der Waals surface area (Å²) in [7, 11) is 0. The number of hydrogen-bond donors (Lipinski definition) is 1. The zero-order chi connectivity index (χ0) is 7.40. The third kappa shape index (κ3) is 5.17. The summed E-state index contributed by atoms with van der Waals surface area (Å²) in [4.78, 5) is 2.34. The first-order valence-corrected chi connectivity index (χ1v) is 3.87. The molecular formula is C7H18Cl2N2O. The lowest BCUT2D eigenvalue weighted by Crippen LogP contribution is -2.43. The number of halogens is 2. The molecule has 2 N–H and O–H groups in total. The molecule has 1 unspecified atom stereocenters. The van der Waals surface area contributed by atoms with E-state index in [2.05, 4.69) is 11.8 Å². The number of morpholine rings is 1. The Bertz CT molecular complexity index is 103. The van der Waals surface area contributed by atoms with Crippen LogP contribution in [0.5, 0.6) is 0 Å². The van der Waals surface area contributed by atoms with Gasteiger partial charge in [-0.3, -0.25) is 4.90 Å². The molecule has 0 aromatic carbocycles. The third-order valence-electron chi connectivity index (χ3n) is 1.77. The van der Waals surface area contributed by atoms with Crippen LogP contribution in [-0.4, -0.2) is 43.8 Å². The second-order valence-electron chi connectivity index (χ2n) is 2.77. The van der Waals surface area contributed by atoms with E-state index in [0.29, 0.717) is 6.10 Å². The molecule has 0 aromatic rings. The highest BCUT2D eigenvalue weighted by atomic mass is 35.5. The van der Waals surface area contributed by atoms with Gasteiger partial charge in [-0.05, 0) is 6.92 Å². The lowest BCUT2D eigenvalue weighted by Gasteiger charge is -2.30. The molecule has 1 aliphatic rings. The normalized spacial score (nSPS) is 24.0. The molecule has 5 heteroatoms. The average Bonchev–Trinajstić information content (AvgIpc) is 1.88. The van der Waals surface area contributed by atoms with Crippen LogP contribution in [-0.2, 0) is 4.74 Å². The van der Waals surface area contributed by atoms with Gasteiger partial charge in [0.2, 0.25) is 0 Å². The van der Waals surface area contributed by atoms with Crippen LogP contribution in [0.25, 0.3) is 0 Å². The zero-order valence-electron chi connectivity index (χ0n) is 7.36. The number of ether oxygens (including phenoxy) is 1. The van der Waals surface area contributed by atoms with Crippen molar-refractivity contribution in [3.8, 4) is 0 Å². The molecule has 0 spiro atoms. The molecule has 12 heavy (non-hydrogen) atoms. The molecule has 1 saturated heterocycles. The van der Waals surface area contributed by atoms with Gasteiger partial charge in [0, 0.05) is 26.2 Å². The summed E-state index contributed by atoms with van der Waals surface area (Å²) < 4.78 is 5.37. The smallest absolute Gasteiger partial charge is 0.0674 e. The van der Waals surface area contributed by atoms with Gasteiger partial charge in [0.1, 0.15) is 0 Å². The van der Waals surface area contributed by atoms with Crippen molar-refractivity contribution < 1.29 is 4.74 Å². The predicted octanol–water partition coefficient (Wildman–Crippen LogP) is 0.509. The van der Waals surface area contributed by atoms with Gasteiger partial charge >= 0.3 is 0 Å². The summed E-state index contributed by atoms with van der Waals surface area (Å²) in [5.41, 5.74) is 5.42. The Morgan fingerprint density at radius 1 is 1.50 bits per heavy atom. The number of rotatable bonds is 2. The van der Waals surface area contributed by atoms with Crippen LogP contribution < -0.4 is 5.73 Å². The molecule has 1 atom stereocenters. The molecule has 1 heterocycles. The monoisotopic (exact) mass is 216 g/mol. The maximum atomic E-state index is 5.42. The van der Waals surface area contributed by atoms with E-state index in [4.69, 9.17) is 10.5 Å². The Hall–Kier alpha value is 0.460. The minimum absolute atomic E-state index is 0. The lowest BCUT2D eigenvalue weighted by molar-refractivity contribution is -0.0170. The van der Waals surface area contributed by atoms with Gasteiger partial charge in [-0.1, -0.05) is 0 Å². The van der Waals surface area contributed by atoms with E-state index in [1.807, 2.05) is 0 Å². The fourth-order valence-corrected chi connectivity index (χ4v) is 1.28. The molecule has 1 aliphatic heterocycles. The van der Waals surface area contributed by atoms with Crippen molar-refractivity contribution in [3.05, 3.63) is 0 Å². The predicted molar refractivity (Wildman–Crippen MR) is 55.4 cm³/mol. The highest BCUT2D eigenvalue weighted by Crippen LogP contribution is 2.02. The third-order valence-corrected chi connectivity index (χ3v) is 1.77. The van der Waals surface area contributed by atoms with Gasteiger partial charge < -0.3 is 10.5 Å². The number of hydrogen-bond acceptors (Lipinski definition) is 3. The van der Waals surface area contributed by atoms with Gasteiger partial charge in [-0.2, -0.15) is 0 Å². The quantitative estimate of drug-likeness (QED) is 0.732. The standard InChI is InChI=1S/C7H16N2O.2ClH/c1-7-6-9(3-2-8)4-5-10-7;;/h7H,2-6,8H2,1H3;2*1H. The average molecular weight is 217 g/mol. The first-order chi connectivity index (χ1) is 4.83. The first kappa shape index (κ1) is 15.0. The van der Waals surface area contributed by atoms with Gasteiger partial charge in [0.05, 0.1) is 12.7 Å². The minimum atomic E-state index is 0. The van der Waals surface area contributed by atoms with E-state index >= 15 is 0 Å². The van der Waals surface area contributed by atoms with Crippen molar-refractivity contribution in [2.24, 2.45) is 5.73 Å². The maximum absolute atomic E-state index is 5.42. The van der Waals surface area contributed by atoms with E-state index in [1.54, 1.807) is 0 Å². The fourth-order valence-electron chi connectivity index (χ4n) is 1.28. The topological polar surface area (TPSA) is 38.5 Å². The van der Waals surface area contributed by atoms with Crippen LogP contribution in [0.4, 0.5) is 0 Å². The summed E-state index contributed by atoms with van der Waals surface area (Å²) in [6, 6.07) is 0. The highest BCUT2D eigenvalue weighted by Gasteiger charge is 2.14. The van der Waals surface area contributed by atoms with E-state index in [0.717, 1.165) is 32.8 Å². The highest BCUT2D eigenvalue weighted by molar-refractivity contribution is 5.85. The molecule has 1 rings (SSSR count). The van der Waals surface area contributed by atoms with Crippen LogP contribution in [0.3, 0.4) is 0 Å². The summed E-state index contributed by atoms with van der Waals surface area (Å²) in [6.07, 6.45) is 0.389. The van der Waals surface area contributed by atoms with Crippen LogP contribution >= 0.6 is 24.8 Å². The number of nitrogens with two attached hydrogens (primary N) is 1. The summed E-state index contributed by atoms with van der Waals surface area (Å²) in [6.45, 7) is 6.81. The van der Waals surface area contributed by atoms with Crippen molar-refractivity contribution in [3.63, 3.8) is 0 Å². The molecule has 0 amide bonds. The minimum Gasteiger partial charge on any atom is -0.376 e. The molecular weight excluding hydrogens is 199 g/mol.